The molecule has 3 heterocycles. The molecular formula is C16H22N2O5S. The first-order chi connectivity index (χ1) is 11.5. The predicted molar refractivity (Wildman–Crippen MR) is 90.1 cm³/mol. The van der Waals surface area contributed by atoms with Crippen LogP contribution in [0.4, 0.5) is 0 Å². The van der Waals surface area contributed by atoms with Crippen molar-refractivity contribution in [3.8, 4) is 0 Å². The molecule has 0 radical (unpaired) electrons. The summed E-state index contributed by atoms with van der Waals surface area (Å²) in [7, 11) is 0. The molecule has 0 aromatic carbocycles. The van der Waals surface area contributed by atoms with E-state index in [1.54, 1.807) is 0 Å². The Bertz CT molecular complexity index is 707. The van der Waals surface area contributed by atoms with Crippen molar-refractivity contribution in [2.75, 3.05) is 18.1 Å². The van der Waals surface area contributed by atoms with Crippen molar-refractivity contribution in [1.82, 2.24) is 9.55 Å². The van der Waals surface area contributed by atoms with E-state index in [4.69, 9.17) is 9.47 Å². The molecule has 0 aliphatic carbocycles. The first-order valence-electron chi connectivity index (χ1n) is 8.20. The number of rotatable bonds is 4. The molecule has 2 aliphatic heterocycles. The summed E-state index contributed by atoms with van der Waals surface area (Å²) in [6.45, 7) is 2.17. The minimum absolute atomic E-state index is 0.156. The van der Waals surface area contributed by atoms with Gasteiger partial charge in [0.25, 0.3) is 5.56 Å². The standard InChI is InChI=1S/C16H22N2O5S/c1-16(5-8-24-9-6-16)14(20)22-10-11-2-3-13(23-11)18-7-4-12(19)17-15(18)21/h4,7,11,13H,2-3,5-6,8-10H2,1H3,(H,17,19,21). The lowest BCUT2D eigenvalue weighted by Crippen LogP contribution is -2.35. The maximum absolute atomic E-state index is 12.3. The Hall–Kier alpha value is -1.54. The van der Waals surface area contributed by atoms with Crippen LogP contribution in [-0.4, -0.2) is 39.7 Å². The Morgan fingerprint density at radius 3 is 2.88 bits per heavy atom. The molecule has 0 amide bonds. The number of nitrogens with zero attached hydrogens (tertiary/aromatic N) is 1. The van der Waals surface area contributed by atoms with Crippen molar-refractivity contribution in [2.45, 2.75) is 44.9 Å². The van der Waals surface area contributed by atoms with E-state index in [1.807, 2.05) is 18.7 Å². The van der Waals surface area contributed by atoms with E-state index in [-0.39, 0.29) is 24.1 Å². The Balaban J connectivity index is 1.54. The number of H-pyrrole nitrogens is 1. The van der Waals surface area contributed by atoms with Crippen LogP contribution in [0.15, 0.2) is 21.9 Å². The lowest BCUT2D eigenvalue weighted by atomic mass is 9.84. The van der Waals surface area contributed by atoms with Crippen LogP contribution >= 0.6 is 11.8 Å². The van der Waals surface area contributed by atoms with E-state index in [0.29, 0.717) is 12.8 Å². The molecule has 24 heavy (non-hydrogen) atoms. The zero-order chi connectivity index (χ0) is 17.2. The molecule has 8 heteroatoms. The average Bonchev–Trinajstić information content (AvgIpc) is 3.02. The molecule has 1 aromatic heterocycles. The maximum Gasteiger partial charge on any atom is 0.330 e. The summed E-state index contributed by atoms with van der Waals surface area (Å²) < 4.78 is 12.6. The lowest BCUT2D eigenvalue weighted by molar-refractivity contribution is -0.160. The van der Waals surface area contributed by atoms with Gasteiger partial charge in [0.05, 0.1) is 11.5 Å². The van der Waals surface area contributed by atoms with Crippen LogP contribution < -0.4 is 11.2 Å². The van der Waals surface area contributed by atoms with Crippen LogP contribution in [0.3, 0.4) is 0 Å². The van der Waals surface area contributed by atoms with E-state index in [2.05, 4.69) is 4.98 Å². The molecule has 2 atom stereocenters. The number of aromatic nitrogens is 2. The van der Waals surface area contributed by atoms with Crippen LogP contribution in [0.1, 0.15) is 38.8 Å². The summed E-state index contributed by atoms with van der Waals surface area (Å²) in [4.78, 5) is 37.5. The summed E-state index contributed by atoms with van der Waals surface area (Å²) in [5.74, 6) is 1.82. The fourth-order valence-corrected chi connectivity index (χ4v) is 4.43. The molecule has 1 N–H and O–H groups in total. The highest BCUT2D eigenvalue weighted by Crippen LogP contribution is 2.36. The highest BCUT2D eigenvalue weighted by atomic mass is 32.2. The third-order valence-electron chi connectivity index (χ3n) is 4.74. The molecule has 0 bridgehead atoms. The number of hydrogen-bond donors (Lipinski definition) is 1. The number of carbonyl (C=O) groups excluding carboxylic acids is 1. The van der Waals surface area contributed by atoms with Crippen molar-refractivity contribution in [2.24, 2.45) is 5.41 Å². The zero-order valence-corrected chi connectivity index (χ0v) is 14.5. The fraction of sp³-hybridized carbons (Fsp3) is 0.688. The number of nitrogens with one attached hydrogen (secondary N) is 1. The van der Waals surface area contributed by atoms with E-state index >= 15 is 0 Å². The number of aromatic amines is 1. The Labute approximate surface area is 143 Å². The molecule has 2 aliphatic rings. The van der Waals surface area contributed by atoms with E-state index in [1.165, 1.54) is 16.8 Å². The van der Waals surface area contributed by atoms with Gasteiger partial charge in [-0.3, -0.25) is 19.1 Å². The first kappa shape index (κ1) is 17.3. The molecule has 132 valence electrons. The predicted octanol–water partition coefficient (Wildman–Crippen LogP) is 1.29. The molecule has 1 aromatic rings. The molecule has 7 nitrogen and oxygen atoms in total. The third kappa shape index (κ3) is 3.75. The van der Waals surface area contributed by atoms with Gasteiger partial charge in [0.2, 0.25) is 0 Å². The lowest BCUT2D eigenvalue weighted by Gasteiger charge is -2.31. The fourth-order valence-electron chi connectivity index (χ4n) is 3.04. The number of thioether (sulfide) groups is 1. The molecule has 0 spiro atoms. The van der Waals surface area contributed by atoms with E-state index in [9.17, 15) is 14.4 Å². The van der Waals surface area contributed by atoms with Gasteiger partial charge in [0.15, 0.2) is 0 Å². The summed E-state index contributed by atoms with van der Waals surface area (Å²) >= 11 is 1.87. The minimum Gasteiger partial charge on any atom is -0.463 e. The normalized spacial score (nSPS) is 26.2. The van der Waals surface area contributed by atoms with Crippen LogP contribution in [0, 0.1) is 5.41 Å². The second-order valence-corrected chi connectivity index (χ2v) is 7.80. The van der Waals surface area contributed by atoms with Gasteiger partial charge < -0.3 is 9.47 Å². The Morgan fingerprint density at radius 2 is 2.17 bits per heavy atom. The van der Waals surface area contributed by atoms with E-state index < -0.39 is 17.5 Å². The van der Waals surface area contributed by atoms with Gasteiger partial charge in [0.1, 0.15) is 12.8 Å². The smallest absolute Gasteiger partial charge is 0.330 e. The minimum atomic E-state index is -0.489. The number of esters is 1. The summed E-state index contributed by atoms with van der Waals surface area (Å²) in [5.41, 5.74) is -1.31. The molecule has 2 fully saturated rings. The van der Waals surface area contributed by atoms with Gasteiger partial charge in [-0.2, -0.15) is 11.8 Å². The van der Waals surface area contributed by atoms with Crippen molar-refractivity contribution < 1.29 is 14.3 Å². The van der Waals surface area contributed by atoms with Crippen molar-refractivity contribution >= 4 is 17.7 Å². The van der Waals surface area contributed by atoms with Crippen molar-refractivity contribution in [3.63, 3.8) is 0 Å². The molecule has 0 saturated carbocycles. The van der Waals surface area contributed by atoms with Crippen LogP contribution in [0.2, 0.25) is 0 Å². The highest BCUT2D eigenvalue weighted by molar-refractivity contribution is 7.99. The quantitative estimate of drug-likeness (QED) is 0.820. The highest BCUT2D eigenvalue weighted by Gasteiger charge is 2.37. The second kappa shape index (κ2) is 7.14. The maximum atomic E-state index is 12.3. The van der Waals surface area contributed by atoms with Gasteiger partial charge in [-0.15, -0.1) is 0 Å². The molecule has 2 saturated heterocycles. The molecule has 3 rings (SSSR count). The summed E-state index contributed by atoms with van der Waals surface area (Å²) in [5, 5.41) is 0. The van der Waals surface area contributed by atoms with Crippen molar-refractivity contribution in [1.29, 1.82) is 0 Å². The molecule has 2 unspecified atom stereocenters. The van der Waals surface area contributed by atoms with Gasteiger partial charge >= 0.3 is 11.7 Å². The summed E-state index contributed by atoms with van der Waals surface area (Å²) in [6.07, 6.45) is 3.81. The first-order valence-corrected chi connectivity index (χ1v) is 9.35. The van der Waals surface area contributed by atoms with Gasteiger partial charge in [-0.05, 0) is 44.1 Å². The Kier molecular flexibility index (Phi) is 5.15. The SMILES string of the molecule is CC1(C(=O)OCC2CCC(n3ccc(=O)[nH]c3=O)O2)CCSCC1. The Morgan fingerprint density at radius 1 is 1.42 bits per heavy atom. The van der Waals surface area contributed by atoms with Crippen LogP contribution in [-0.2, 0) is 14.3 Å². The monoisotopic (exact) mass is 354 g/mol. The van der Waals surface area contributed by atoms with Gasteiger partial charge in [0, 0.05) is 12.3 Å². The average molecular weight is 354 g/mol. The van der Waals surface area contributed by atoms with Crippen LogP contribution in [0.25, 0.3) is 0 Å². The van der Waals surface area contributed by atoms with Crippen molar-refractivity contribution in [3.05, 3.63) is 33.1 Å². The van der Waals surface area contributed by atoms with E-state index in [0.717, 1.165) is 24.3 Å². The summed E-state index contributed by atoms with van der Waals surface area (Å²) in [6, 6.07) is 1.29. The zero-order valence-electron chi connectivity index (χ0n) is 13.7. The number of carbonyl (C=O) groups is 1. The van der Waals surface area contributed by atoms with Crippen LogP contribution in [0.5, 0.6) is 0 Å². The molecular weight excluding hydrogens is 332 g/mol. The number of hydrogen-bond acceptors (Lipinski definition) is 6. The van der Waals surface area contributed by atoms with Gasteiger partial charge in [-0.25, -0.2) is 4.79 Å². The van der Waals surface area contributed by atoms with Gasteiger partial charge in [-0.1, -0.05) is 0 Å². The second-order valence-electron chi connectivity index (χ2n) is 6.58. The topological polar surface area (TPSA) is 90.4 Å². The number of ether oxygens (including phenoxy) is 2. The third-order valence-corrected chi connectivity index (χ3v) is 5.72. The largest absolute Gasteiger partial charge is 0.463 e.